The Bertz CT molecular complexity index is 1410. The van der Waals surface area contributed by atoms with Crippen LogP contribution < -0.4 is 10.2 Å². The Kier molecular flexibility index (Phi) is 6.39. The highest BCUT2D eigenvalue weighted by Crippen LogP contribution is 2.45. The van der Waals surface area contributed by atoms with E-state index in [4.69, 9.17) is 4.74 Å². The first kappa shape index (κ1) is 24.8. The van der Waals surface area contributed by atoms with E-state index < -0.39 is 29.3 Å². The molecule has 9 heteroatoms. The summed E-state index contributed by atoms with van der Waals surface area (Å²) in [5, 5.41) is 4.31. The molecular formula is C28H27F2N3O4. The molecule has 2 heterocycles. The Morgan fingerprint density at radius 3 is 2.19 bits per heavy atom. The van der Waals surface area contributed by atoms with Crippen LogP contribution in [0.2, 0.25) is 0 Å². The summed E-state index contributed by atoms with van der Waals surface area (Å²) < 4.78 is 36.9. The van der Waals surface area contributed by atoms with Crippen molar-refractivity contribution in [3.8, 4) is 5.75 Å². The molecule has 3 aromatic rings. The second kappa shape index (κ2) is 9.53. The average molecular weight is 508 g/mol. The van der Waals surface area contributed by atoms with Crippen molar-refractivity contribution in [1.29, 1.82) is 0 Å². The highest BCUT2D eigenvalue weighted by molar-refractivity contribution is 5.96. The lowest BCUT2D eigenvalue weighted by molar-refractivity contribution is -0.134. The largest absolute Gasteiger partial charge is 0.420 e. The normalized spacial score (nSPS) is 17.2. The van der Waals surface area contributed by atoms with Crippen molar-refractivity contribution in [3.05, 3.63) is 92.4 Å². The van der Waals surface area contributed by atoms with Crippen molar-refractivity contribution < 1.29 is 23.1 Å². The predicted molar refractivity (Wildman–Crippen MR) is 132 cm³/mol. The topological polar surface area (TPSA) is 81.5 Å². The van der Waals surface area contributed by atoms with Gasteiger partial charge in [0.15, 0.2) is 5.69 Å². The summed E-state index contributed by atoms with van der Waals surface area (Å²) in [5.41, 5.74) is 1.48. The van der Waals surface area contributed by atoms with Gasteiger partial charge in [0.2, 0.25) is 11.2 Å². The Morgan fingerprint density at radius 2 is 1.65 bits per heavy atom. The standard InChI is InChI=1S/C28H27F2N3O4/c1-4-24(35)37-27-23(34)13-31-33-22(14-32(15(2)3)28(36)26(27)33)25-18-7-5-9-20(29)16(18)11-12-17-19(25)8-6-10-21(17)30/h5-10,13,15,22,25H,4,11-12,14H2,1-3H3. The molecule has 0 spiro atoms. The monoisotopic (exact) mass is 507 g/mol. The molecule has 1 unspecified atom stereocenters. The first-order chi connectivity index (χ1) is 17.7. The molecule has 7 nitrogen and oxygen atoms in total. The van der Waals surface area contributed by atoms with E-state index in [0.717, 1.165) is 6.20 Å². The maximum atomic E-state index is 15.1. The number of hydrogen-bond donors (Lipinski definition) is 0. The molecule has 0 saturated heterocycles. The number of ether oxygens (including phenoxy) is 1. The molecule has 1 aromatic heterocycles. The Hall–Kier alpha value is -3.88. The van der Waals surface area contributed by atoms with Gasteiger partial charge in [0.25, 0.3) is 5.91 Å². The highest BCUT2D eigenvalue weighted by Gasteiger charge is 2.43. The van der Waals surface area contributed by atoms with E-state index in [1.54, 1.807) is 24.0 Å². The third-order valence-corrected chi connectivity index (χ3v) is 7.25. The molecule has 2 aromatic carbocycles. The van der Waals surface area contributed by atoms with E-state index in [1.165, 1.54) is 16.8 Å². The van der Waals surface area contributed by atoms with Gasteiger partial charge in [-0.2, -0.15) is 5.10 Å². The van der Waals surface area contributed by atoms with Gasteiger partial charge in [-0.05, 0) is 61.1 Å². The molecule has 1 aliphatic carbocycles. The zero-order valence-corrected chi connectivity index (χ0v) is 20.8. The highest BCUT2D eigenvalue weighted by atomic mass is 19.1. The van der Waals surface area contributed by atoms with Crippen molar-refractivity contribution in [1.82, 2.24) is 14.7 Å². The van der Waals surface area contributed by atoms with E-state index in [9.17, 15) is 14.4 Å². The molecule has 1 amide bonds. The molecular weight excluding hydrogens is 480 g/mol. The van der Waals surface area contributed by atoms with Crippen LogP contribution >= 0.6 is 0 Å². The number of amides is 1. The molecule has 1 aliphatic heterocycles. The number of aromatic nitrogens is 2. The number of carbonyl (C=O) groups is 2. The van der Waals surface area contributed by atoms with Crippen molar-refractivity contribution in [3.63, 3.8) is 0 Å². The van der Waals surface area contributed by atoms with E-state index in [1.807, 2.05) is 26.0 Å². The van der Waals surface area contributed by atoms with Gasteiger partial charge in [-0.1, -0.05) is 31.2 Å². The maximum absolute atomic E-state index is 15.1. The van der Waals surface area contributed by atoms with Gasteiger partial charge in [-0.25, -0.2) is 8.78 Å². The first-order valence-electron chi connectivity index (χ1n) is 12.4. The van der Waals surface area contributed by atoms with Gasteiger partial charge in [-0.3, -0.25) is 19.1 Å². The SMILES string of the molecule is CCC(=O)Oc1c2n(ncc1=O)C(C1c3cccc(F)c3CCc3c(F)cccc31)CN(C(C)C)C2=O. The lowest BCUT2D eigenvalue weighted by atomic mass is 9.81. The molecule has 0 N–H and O–H groups in total. The molecule has 0 saturated carbocycles. The van der Waals surface area contributed by atoms with Crippen LogP contribution in [-0.2, 0) is 17.6 Å². The van der Waals surface area contributed by atoms with E-state index in [0.29, 0.717) is 35.1 Å². The third-order valence-electron chi connectivity index (χ3n) is 7.25. The predicted octanol–water partition coefficient (Wildman–Crippen LogP) is 4.17. The van der Waals surface area contributed by atoms with Crippen LogP contribution in [0.4, 0.5) is 8.78 Å². The molecule has 0 fully saturated rings. The number of nitrogens with zero attached hydrogens (tertiary/aromatic N) is 3. The zero-order valence-electron chi connectivity index (χ0n) is 20.8. The molecule has 0 bridgehead atoms. The van der Waals surface area contributed by atoms with Crippen LogP contribution in [0, 0.1) is 11.6 Å². The van der Waals surface area contributed by atoms with Crippen molar-refractivity contribution >= 4 is 11.9 Å². The Morgan fingerprint density at radius 1 is 1.05 bits per heavy atom. The molecule has 1 atom stereocenters. The van der Waals surface area contributed by atoms with Crippen LogP contribution in [0.1, 0.15) is 71.9 Å². The zero-order chi connectivity index (χ0) is 26.4. The van der Waals surface area contributed by atoms with Gasteiger partial charge in [0.1, 0.15) is 11.6 Å². The van der Waals surface area contributed by atoms with Gasteiger partial charge < -0.3 is 9.64 Å². The Balaban J connectivity index is 1.81. The van der Waals surface area contributed by atoms with E-state index in [-0.39, 0.29) is 42.1 Å². The summed E-state index contributed by atoms with van der Waals surface area (Å²) in [6.07, 6.45) is 1.66. The van der Waals surface area contributed by atoms with Crippen molar-refractivity contribution in [2.75, 3.05) is 6.54 Å². The maximum Gasteiger partial charge on any atom is 0.311 e. The van der Waals surface area contributed by atoms with Gasteiger partial charge in [0.05, 0.1) is 12.2 Å². The lowest BCUT2D eigenvalue weighted by Gasteiger charge is -2.41. The summed E-state index contributed by atoms with van der Waals surface area (Å²) >= 11 is 0. The number of esters is 1. The van der Waals surface area contributed by atoms with E-state index in [2.05, 4.69) is 5.10 Å². The third kappa shape index (κ3) is 4.12. The van der Waals surface area contributed by atoms with Crippen LogP contribution in [-0.4, -0.2) is 39.1 Å². The number of halogens is 2. The van der Waals surface area contributed by atoms with Crippen LogP contribution in [0.25, 0.3) is 0 Å². The molecule has 5 rings (SSSR count). The summed E-state index contributed by atoms with van der Waals surface area (Å²) in [4.78, 5) is 40.1. The summed E-state index contributed by atoms with van der Waals surface area (Å²) in [5.74, 6) is -2.89. The lowest BCUT2D eigenvalue weighted by Crippen LogP contribution is -2.50. The van der Waals surface area contributed by atoms with Crippen molar-refractivity contribution in [2.45, 2.75) is 58.0 Å². The summed E-state index contributed by atoms with van der Waals surface area (Å²) in [6, 6.07) is 8.75. The minimum absolute atomic E-state index is 0.00858. The molecule has 37 heavy (non-hydrogen) atoms. The summed E-state index contributed by atoms with van der Waals surface area (Å²) in [6.45, 7) is 5.44. The van der Waals surface area contributed by atoms with Crippen molar-refractivity contribution in [2.24, 2.45) is 0 Å². The van der Waals surface area contributed by atoms with Crippen LogP contribution in [0.15, 0.2) is 47.4 Å². The van der Waals surface area contributed by atoms with Gasteiger partial charge in [-0.15, -0.1) is 0 Å². The van der Waals surface area contributed by atoms with Crippen LogP contribution in [0.3, 0.4) is 0 Å². The quantitative estimate of drug-likeness (QED) is 0.495. The number of rotatable bonds is 4. The molecule has 192 valence electrons. The fraction of sp³-hybridized carbons (Fsp3) is 0.357. The number of carbonyl (C=O) groups excluding carboxylic acids is 2. The van der Waals surface area contributed by atoms with Gasteiger partial charge >= 0.3 is 5.97 Å². The number of benzene rings is 2. The second-order valence-corrected chi connectivity index (χ2v) is 9.67. The number of fused-ring (bicyclic) bond motifs is 3. The minimum atomic E-state index is -0.690. The fourth-order valence-corrected chi connectivity index (χ4v) is 5.47. The summed E-state index contributed by atoms with van der Waals surface area (Å²) in [7, 11) is 0. The Labute approximate surface area is 212 Å². The van der Waals surface area contributed by atoms with Crippen LogP contribution in [0.5, 0.6) is 5.75 Å². The first-order valence-corrected chi connectivity index (χ1v) is 12.4. The minimum Gasteiger partial charge on any atom is -0.420 e. The average Bonchev–Trinajstić information content (AvgIpc) is 3.04. The molecule has 0 radical (unpaired) electrons. The fourth-order valence-electron chi connectivity index (χ4n) is 5.47. The smallest absolute Gasteiger partial charge is 0.311 e. The van der Waals surface area contributed by atoms with E-state index >= 15 is 8.78 Å². The number of hydrogen-bond acceptors (Lipinski definition) is 5. The van der Waals surface area contributed by atoms with Gasteiger partial charge in [0, 0.05) is 24.9 Å². The second-order valence-electron chi connectivity index (χ2n) is 9.67. The molecule has 2 aliphatic rings.